The Bertz CT molecular complexity index is 713. The first-order valence-corrected chi connectivity index (χ1v) is 8.20. The zero-order valence-corrected chi connectivity index (χ0v) is 13.3. The molecule has 4 atom stereocenters. The molecule has 1 aromatic carbocycles. The van der Waals surface area contributed by atoms with Crippen molar-refractivity contribution >= 4 is 17.5 Å². The van der Waals surface area contributed by atoms with E-state index in [1.54, 1.807) is 36.4 Å². The summed E-state index contributed by atoms with van der Waals surface area (Å²) in [6.07, 6.45) is 3.96. The van der Waals surface area contributed by atoms with E-state index < -0.39 is 23.5 Å². The fourth-order valence-electron chi connectivity index (χ4n) is 3.85. The molecule has 3 heterocycles. The van der Waals surface area contributed by atoms with Crippen molar-refractivity contribution in [1.82, 2.24) is 0 Å². The van der Waals surface area contributed by atoms with Crippen molar-refractivity contribution in [3.8, 4) is 5.75 Å². The minimum absolute atomic E-state index is 0.267. The molecular weight excluding hydrogens is 310 g/mol. The molecule has 2 bridgehead atoms. The standard InChI is InChI=1S/C18H19NO5/c1-2-9-23-12-5-3-11(4-6-12)19-16(21)14-13-7-8-18(10-20,24-13)15(14)17(19)22/h3-8,13-15,20H,2,9-10H2,1H3/t13-,14+,15-,18+/m1/s1. The van der Waals surface area contributed by atoms with Gasteiger partial charge in [0.25, 0.3) is 0 Å². The average molecular weight is 329 g/mol. The highest BCUT2D eigenvalue weighted by Crippen LogP contribution is 2.52. The van der Waals surface area contributed by atoms with Crippen molar-refractivity contribution < 1.29 is 24.2 Å². The van der Waals surface area contributed by atoms with Crippen LogP contribution in [0.3, 0.4) is 0 Å². The molecule has 2 amide bonds. The fourth-order valence-corrected chi connectivity index (χ4v) is 3.85. The van der Waals surface area contributed by atoms with Gasteiger partial charge in [-0.2, -0.15) is 0 Å². The molecule has 2 saturated heterocycles. The van der Waals surface area contributed by atoms with Crippen LogP contribution in [-0.2, 0) is 14.3 Å². The number of benzene rings is 1. The Labute approximate surface area is 139 Å². The van der Waals surface area contributed by atoms with Crippen molar-refractivity contribution in [3.63, 3.8) is 0 Å². The van der Waals surface area contributed by atoms with E-state index in [9.17, 15) is 14.7 Å². The largest absolute Gasteiger partial charge is 0.494 e. The molecule has 0 saturated carbocycles. The SMILES string of the molecule is CCCOc1ccc(N2C(=O)[C@H]3[C@H]4C=C[C@@](CO)(O4)[C@H]3C2=O)cc1. The maximum Gasteiger partial charge on any atom is 0.241 e. The third kappa shape index (κ3) is 1.96. The number of aliphatic hydroxyl groups is 1. The number of hydrogen-bond donors (Lipinski definition) is 1. The lowest BCUT2D eigenvalue weighted by Crippen LogP contribution is -2.43. The van der Waals surface area contributed by atoms with E-state index in [0.717, 1.165) is 6.42 Å². The van der Waals surface area contributed by atoms with Gasteiger partial charge in [0.15, 0.2) is 0 Å². The second-order valence-corrected chi connectivity index (χ2v) is 6.41. The number of ether oxygens (including phenoxy) is 2. The highest BCUT2D eigenvalue weighted by Gasteiger charge is 2.67. The van der Waals surface area contributed by atoms with Crippen LogP contribution in [0.15, 0.2) is 36.4 Å². The summed E-state index contributed by atoms with van der Waals surface area (Å²) in [5.41, 5.74) is -0.531. The Balaban J connectivity index is 1.62. The molecule has 6 heteroatoms. The van der Waals surface area contributed by atoms with Crippen molar-refractivity contribution in [2.75, 3.05) is 18.1 Å². The van der Waals surface area contributed by atoms with Crippen LogP contribution in [0, 0.1) is 11.8 Å². The highest BCUT2D eigenvalue weighted by molar-refractivity contribution is 6.23. The Morgan fingerprint density at radius 3 is 2.67 bits per heavy atom. The van der Waals surface area contributed by atoms with E-state index in [1.165, 1.54) is 4.90 Å². The zero-order valence-electron chi connectivity index (χ0n) is 13.3. The highest BCUT2D eigenvalue weighted by atomic mass is 16.5. The van der Waals surface area contributed by atoms with Gasteiger partial charge in [0, 0.05) is 0 Å². The normalized spacial score (nSPS) is 33.4. The van der Waals surface area contributed by atoms with Gasteiger partial charge in [0.1, 0.15) is 11.4 Å². The van der Waals surface area contributed by atoms with Gasteiger partial charge >= 0.3 is 0 Å². The summed E-state index contributed by atoms with van der Waals surface area (Å²) in [5.74, 6) is -1.08. The first-order chi connectivity index (χ1) is 11.6. The minimum atomic E-state index is -1.05. The number of carbonyl (C=O) groups excluding carboxylic acids is 2. The van der Waals surface area contributed by atoms with Gasteiger partial charge in [0.05, 0.1) is 36.8 Å². The van der Waals surface area contributed by atoms with Gasteiger partial charge in [0.2, 0.25) is 11.8 Å². The molecule has 6 nitrogen and oxygen atoms in total. The van der Waals surface area contributed by atoms with Crippen LogP contribution < -0.4 is 9.64 Å². The van der Waals surface area contributed by atoms with Crippen molar-refractivity contribution in [2.45, 2.75) is 25.0 Å². The number of rotatable bonds is 5. The lowest BCUT2D eigenvalue weighted by molar-refractivity contribution is -0.128. The van der Waals surface area contributed by atoms with Gasteiger partial charge in [-0.25, -0.2) is 4.90 Å². The van der Waals surface area contributed by atoms with Crippen LogP contribution in [0.2, 0.25) is 0 Å². The molecular formula is C18H19NO5. The van der Waals surface area contributed by atoms with Gasteiger partial charge in [-0.3, -0.25) is 9.59 Å². The van der Waals surface area contributed by atoms with Crippen molar-refractivity contribution in [2.24, 2.45) is 11.8 Å². The van der Waals surface area contributed by atoms with Gasteiger partial charge in [-0.1, -0.05) is 19.1 Å². The minimum Gasteiger partial charge on any atom is -0.494 e. The topological polar surface area (TPSA) is 76.1 Å². The zero-order chi connectivity index (χ0) is 16.9. The molecule has 0 unspecified atom stereocenters. The number of carbonyl (C=O) groups is 2. The maximum atomic E-state index is 12.9. The number of hydrogen-bond acceptors (Lipinski definition) is 5. The third-order valence-electron chi connectivity index (χ3n) is 4.97. The van der Waals surface area contributed by atoms with Gasteiger partial charge in [-0.05, 0) is 30.7 Å². The van der Waals surface area contributed by atoms with E-state index in [1.807, 2.05) is 6.92 Å². The molecule has 2 fully saturated rings. The lowest BCUT2D eigenvalue weighted by atomic mass is 9.77. The Morgan fingerprint density at radius 2 is 2.00 bits per heavy atom. The summed E-state index contributed by atoms with van der Waals surface area (Å²) < 4.78 is 11.2. The fraction of sp³-hybridized carbons (Fsp3) is 0.444. The van der Waals surface area contributed by atoms with E-state index in [2.05, 4.69) is 0 Å². The Hall–Kier alpha value is -2.18. The number of fused-ring (bicyclic) bond motifs is 5. The van der Waals surface area contributed by atoms with Crippen LogP contribution in [0.25, 0.3) is 0 Å². The second-order valence-electron chi connectivity index (χ2n) is 6.41. The lowest BCUT2D eigenvalue weighted by Gasteiger charge is -2.26. The number of aliphatic hydroxyl groups excluding tert-OH is 1. The first-order valence-electron chi connectivity index (χ1n) is 8.20. The van der Waals surface area contributed by atoms with Crippen LogP contribution in [0.1, 0.15) is 13.3 Å². The molecule has 3 aliphatic heterocycles. The maximum absolute atomic E-state index is 12.9. The molecule has 24 heavy (non-hydrogen) atoms. The smallest absolute Gasteiger partial charge is 0.241 e. The second kappa shape index (κ2) is 5.43. The number of anilines is 1. The van der Waals surface area contributed by atoms with Crippen LogP contribution in [-0.4, -0.2) is 41.8 Å². The molecule has 3 aliphatic rings. The molecule has 1 aromatic rings. The number of nitrogens with zero attached hydrogens (tertiary/aromatic N) is 1. The van der Waals surface area contributed by atoms with Crippen LogP contribution >= 0.6 is 0 Å². The monoisotopic (exact) mass is 329 g/mol. The quantitative estimate of drug-likeness (QED) is 0.650. The van der Waals surface area contributed by atoms with Gasteiger partial charge in [-0.15, -0.1) is 0 Å². The number of imide groups is 1. The summed E-state index contributed by atoms with van der Waals surface area (Å²) in [7, 11) is 0. The molecule has 0 aromatic heterocycles. The summed E-state index contributed by atoms with van der Waals surface area (Å²) in [6.45, 7) is 2.34. The van der Waals surface area contributed by atoms with E-state index in [-0.39, 0.29) is 18.4 Å². The first kappa shape index (κ1) is 15.4. The predicted molar refractivity (Wildman–Crippen MR) is 85.5 cm³/mol. The molecule has 0 radical (unpaired) electrons. The molecule has 1 N–H and O–H groups in total. The van der Waals surface area contributed by atoms with Crippen molar-refractivity contribution in [1.29, 1.82) is 0 Å². The van der Waals surface area contributed by atoms with E-state index in [4.69, 9.17) is 9.47 Å². The molecule has 126 valence electrons. The van der Waals surface area contributed by atoms with Crippen molar-refractivity contribution in [3.05, 3.63) is 36.4 Å². The molecule has 0 spiro atoms. The summed E-state index contributed by atoms with van der Waals surface area (Å²) in [6, 6.07) is 6.93. The van der Waals surface area contributed by atoms with E-state index >= 15 is 0 Å². The summed E-state index contributed by atoms with van der Waals surface area (Å²) >= 11 is 0. The van der Waals surface area contributed by atoms with E-state index in [0.29, 0.717) is 18.0 Å². The van der Waals surface area contributed by atoms with Crippen LogP contribution in [0.4, 0.5) is 5.69 Å². The average Bonchev–Trinajstić information content (AvgIpc) is 3.25. The molecule has 0 aliphatic carbocycles. The molecule has 4 rings (SSSR count). The summed E-state index contributed by atoms with van der Waals surface area (Å²) in [5, 5.41) is 9.70. The predicted octanol–water partition coefficient (Wildman–Crippen LogP) is 1.28. The third-order valence-corrected chi connectivity index (χ3v) is 4.97. The Morgan fingerprint density at radius 1 is 1.25 bits per heavy atom. The van der Waals surface area contributed by atoms with Crippen LogP contribution in [0.5, 0.6) is 5.75 Å². The number of amides is 2. The summed E-state index contributed by atoms with van der Waals surface area (Å²) in [4.78, 5) is 26.9. The van der Waals surface area contributed by atoms with Gasteiger partial charge < -0.3 is 14.6 Å². The Kier molecular flexibility index (Phi) is 3.47.